The number of carbonyl (C=O) groups is 1. The van der Waals surface area contributed by atoms with Gasteiger partial charge in [0.15, 0.2) is 5.13 Å². The number of pyridine rings is 1. The Labute approximate surface area is 108 Å². The molecule has 0 spiro atoms. The van der Waals surface area contributed by atoms with Gasteiger partial charge in [0.2, 0.25) is 0 Å². The summed E-state index contributed by atoms with van der Waals surface area (Å²) in [7, 11) is 0. The monoisotopic (exact) mass is 263 g/mol. The van der Waals surface area contributed by atoms with Gasteiger partial charge in [0.25, 0.3) is 5.91 Å². The zero-order chi connectivity index (χ0) is 13.1. The molecule has 2 rings (SSSR count). The summed E-state index contributed by atoms with van der Waals surface area (Å²) >= 11 is 1.37. The highest BCUT2D eigenvalue weighted by Gasteiger charge is 2.13. The predicted molar refractivity (Wildman–Crippen MR) is 71.6 cm³/mol. The Bertz CT molecular complexity index is 581. The molecular formula is C11H13N5OS. The van der Waals surface area contributed by atoms with Crippen LogP contribution in [0.1, 0.15) is 21.7 Å². The number of carbonyl (C=O) groups excluding carboxylic acids is 1. The van der Waals surface area contributed by atoms with Crippen LogP contribution >= 0.6 is 11.3 Å². The third-order valence-corrected chi connectivity index (χ3v) is 3.16. The first-order chi connectivity index (χ1) is 8.60. The van der Waals surface area contributed by atoms with Crippen LogP contribution in [0.2, 0.25) is 0 Å². The molecule has 0 aliphatic rings. The number of hydrazine groups is 1. The molecule has 0 fully saturated rings. The lowest BCUT2D eigenvalue weighted by Gasteiger charge is -2.08. The number of aromatic nitrogens is 2. The minimum absolute atomic E-state index is 0.287. The molecule has 0 saturated carbocycles. The van der Waals surface area contributed by atoms with Crippen LogP contribution in [0, 0.1) is 13.8 Å². The van der Waals surface area contributed by atoms with Crippen LogP contribution in [0.3, 0.4) is 0 Å². The summed E-state index contributed by atoms with van der Waals surface area (Å²) < 4.78 is 0. The molecule has 2 aromatic rings. The van der Waals surface area contributed by atoms with Gasteiger partial charge in [-0.2, -0.15) is 0 Å². The van der Waals surface area contributed by atoms with Crippen LogP contribution < -0.4 is 16.6 Å². The van der Waals surface area contributed by atoms with Crippen molar-refractivity contribution in [2.45, 2.75) is 13.8 Å². The summed E-state index contributed by atoms with van der Waals surface area (Å²) in [5, 5.41) is 5.13. The molecule has 0 aliphatic carbocycles. The van der Waals surface area contributed by atoms with Gasteiger partial charge in [-0.3, -0.25) is 20.9 Å². The average molecular weight is 263 g/mol. The lowest BCUT2D eigenvalue weighted by Crippen LogP contribution is -2.17. The minimum Gasteiger partial charge on any atom is -0.323 e. The Hall–Kier alpha value is -1.99. The van der Waals surface area contributed by atoms with Crippen molar-refractivity contribution in [2.24, 2.45) is 5.84 Å². The van der Waals surface area contributed by atoms with Crippen molar-refractivity contribution in [3.8, 4) is 0 Å². The van der Waals surface area contributed by atoms with Crippen molar-refractivity contribution in [3.05, 3.63) is 34.6 Å². The Kier molecular flexibility index (Phi) is 3.54. The van der Waals surface area contributed by atoms with Crippen LogP contribution in [-0.4, -0.2) is 15.9 Å². The number of aryl methyl sites for hydroxylation is 2. The number of hydrogen-bond acceptors (Lipinski definition) is 6. The summed E-state index contributed by atoms with van der Waals surface area (Å²) in [5.74, 6) is 5.10. The standard InChI is InChI=1S/C11H13N5OS/c1-6-3-9(16-12)8(4-13-6)10(17)15-11-14-7(2)5-18-11/h3-5H,12H2,1-2H3,(H,13,16)(H,14,15,17). The average Bonchev–Trinajstić information content (AvgIpc) is 2.74. The third kappa shape index (κ3) is 2.63. The van der Waals surface area contributed by atoms with E-state index in [1.807, 2.05) is 19.2 Å². The molecule has 1 amide bonds. The van der Waals surface area contributed by atoms with Crippen molar-refractivity contribution in [1.82, 2.24) is 9.97 Å². The number of nitrogens with one attached hydrogen (secondary N) is 2. The molecule has 94 valence electrons. The maximum atomic E-state index is 12.0. The van der Waals surface area contributed by atoms with E-state index >= 15 is 0 Å². The van der Waals surface area contributed by atoms with Crippen LogP contribution in [0.5, 0.6) is 0 Å². The summed E-state index contributed by atoms with van der Waals surface area (Å²) in [6.45, 7) is 3.69. The summed E-state index contributed by atoms with van der Waals surface area (Å²) in [4.78, 5) is 20.3. The number of hydrogen-bond donors (Lipinski definition) is 3. The molecule has 0 unspecified atom stereocenters. The first-order valence-electron chi connectivity index (χ1n) is 5.27. The van der Waals surface area contributed by atoms with E-state index < -0.39 is 0 Å². The van der Waals surface area contributed by atoms with Gasteiger partial charge in [0.05, 0.1) is 16.9 Å². The minimum atomic E-state index is -0.287. The SMILES string of the molecule is Cc1cc(NN)c(C(=O)Nc2nc(C)cs2)cn1. The Morgan fingerprint density at radius 1 is 1.39 bits per heavy atom. The van der Waals surface area contributed by atoms with E-state index in [9.17, 15) is 4.79 Å². The number of nitrogens with two attached hydrogens (primary N) is 1. The highest BCUT2D eigenvalue weighted by Crippen LogP contribution is 2.19. The summed E-state index contributed by atoms with van der Waals surface area (Å²) in [6.07, 6.45) is 1.49. The largest absolute Gasteiger partial charge is 0.323 e. The van der Waals surface area contributed by atoms with Crippen LogP contribution in [0.25, 0.3) is 0 Å². The maximum absolute atomic E-state index is 12.0. The number of thiazole rings is 1. The second-order valence-corrected chi connectivity index (χ2v) is 4.62. The number of nitrogens with zero attached hydrogens (tertiary/aromatic N) is 2. The van der Waals surface area contributed by atoms with Gasteiger partial charge in [-0.15, -0.1) is 11.3 Å². The fourth-order valence-electron chi connectivity index (χ4n) is 1.44. The van der Waals surface area contributed by atoms with E-state index in [1.54, 1.807) is 6.07 Å². The number of amides is 1. The number of nitrogen functional groups attached to an aromatic ring is 1. The molecule has 4 N–H and O–H groups in total. The van der Waals surface area contributed by atoms with Gasteiger partial charge >= 0.3 is 0 Å². The Balaban J connectivity index is 2.23. The molecule has 0 saturated heterocycles. The smallest absolute Gasteiger partial charge is 0.261 e. The molecule has 7 heteroatoms. The molecule has 0 radical (unpaired) electrons. The van der Waals surface area contributed by atoms with E-state index in [0.717, 1.165) is 11.4 Å². The second-order valence-electron chi connectivity index (χ2n) is 3.76. The maximum Gasteiger partial charge on any atom is 0.261 e. The van der Waals surface area contributed by atoms with Crippen LogP contribution in [-0.2, 0) is 0 Å². The topological polar surface area (TPSA) is 92.9 Å². The van der Waals surface area contributed by atoms with E-state index in [2.05, 4.69) is 20.7 Å². The third-order valence-electron chi connectivity index (χ3n) is 2.28. The Morgan fingerprint density at radius 2 is 2.17 bits per heavy atom. The molecule has 0 aliphatic heterocycles. The predicted octanol–water partition coefficient (Wildman–Crippen LogP) is 1.69. The van der Waals surface area contributed by atoms with E-state index in [0.29, 0.717) is 16.4 Å². The van der Waals surface area contributed by atoms with E-state index in [-0.39, 0.29) is 5.91 Å². The summed E-state index contributed by atoms with van der Waals surface area (Å²) in [6, 6.07) is 1.71. The van der Waals surface area contributed by atoms with Crippen molar-refractivity contribution in [1.29, 1.82) is 0 Å². The number of anilines is 2. The van der Waals surface area contributed by atoms with Crippen LogP contribution in [0.4, 0.5) is 10.8 Å². The fourth-order valence-corrected chi connectivity index (χ4v) is 2.12. The molecule has 2 heterocycles. The fraction of sp³-hybridized carbons (Fsp3) is 0.182. The van der Waals surface area contributed by atoms with Gasteiger partial charge in [0.1, 0.15) is 0 Å². The van der Waals surface area contributed by atoms with Crippen molar-refractivity contribution < 1.29 is 4.79 Å². The summed E-state index contributed by atoms with van der Waals surface area (Å²) in [5.41, 5.74) is 5.06. The first-order valence-corrected chi connectivity index (χ1v) is 6.15. The highest BCUT2D eigenvalue weighted by atomic mass is 32.1. The van der Waals surface area contributed by atoms with Gasteiger partial charge in [-0.05, 0) is 19.9 Å². The molecule has 18 heavy (non-hydrogen) atoms. The first kappa shape index (κ1) is 12.5. The Morgan fingerprint density at radius 3 is 2.78 bits per heavy atom. The zero-order valence-corrected chi connectivity index (χ0v) is 10.8. The highest BCUT2D eigenvalue weighted by molar-refractivity contribution is 7.13. The lowest BCUT2D eigenvalue weighted by molar-refractivity contribution is 0.102. The molecular weight excluding hydrogens is 250 g/mol. The van der Waals surface area contributed by atoms with Crippen LogP contribution in [0.15, 0.2) is 17.6 Å². The second kappa shape index (κ2) is 5.11. The molecule has 6 nitrogen and oxygen atoms in total. The van der Waals surface area contributed by atoms with E-state index in [4.69, 9.17) is 5.84 Å². The molecule has 0 aromatic carbocycles. The molecule has 0 atom stereocenters. The van der Waals surface area contributed by atoms with Crippen molar-refractivity contribution in [3.63, 3.8) is 0 Å². The van der Waals surface area contributed by atoms with Gasteiger partial charge in [-0.25, -0.2) is 4.98 Å². The molecule has 2 aromatic heterocycles. The van der Waals surface area contributed by atoms with Gasteiger partial charge in [-0.1, -0.05) is 0 Å². The van der Waals surface area contributed by atoms with E-state index in [1.165, 1.54) is 17.5 Å². The van der Waals surface area contributed by atoms with Gasteiger partial charge < -0.3 is 5.43 Å². The normalized spacial score (nSPS) is 10.2. The number of rotatable bonds is 3. The quantitative estimate of drug-likeness (QED) is 0.579. The lowest BCUT2D eigenvalue weighted by atomic mass is 10.2. The zero-order valence-electron chi connectivity index (χ0n) is 10.0. The van der Waals surface area contributed by atoms with Crippen molar-refractivity contribution in [2.75, 3.05) is 10.7 Å². The molecule has 0 bridgehead atoms. The van der Waals surface area contributed by atoms with Gasteiger partial charge in [0, 0.05) is 17.3 Å². The van der Waals surface area contributed by atoms with Crippen molar-refractivity contribution >= 4 is 28.1 Å².